The van der Waals surface area contributed by atoms with E-state index in [-0.39, 0.29) is 16.9 Å². The van der Waals surface area contributed by atoms with Crippen LogP contribution >= 0.6 is 15.9 Å². The number of hydrogen-bond donors (Lipinski definition) is 1. The number of nitrogens with one attached hydrogen (secondary N) is 1. The third-order valence-corrected chi connectivity index (χ3v) is 8.02. The summed E-state index contributed by atoms with van der Waals surface area (Å²) in [6.45, 7) is 0. The van der Waals surface area contributed by atoms with E-state index < -0.39 is 10.0 Å². The lowest BCUT2D eigenvalue weighted by Crippen LogP contribution is -2.35. The van der Waals surface area contributed by atoms with E-state index in [2.05, 4.69) is 42.5 Å². The zero-order valence-electron chi connectivity index (χ0n) is 19.4. The molecule has 1 aromatic heterocycles. The number of aromatic nitrogens is 1. The predicted octanol–water partition coefficient (Wildman–Crippen LogP) is 5.31. The summed E-state index contributed by atoms with van der Waals surface area (Å²) in [6, 6.07) is 16.7. The van der Waals surface area contributed by atoms with Crippen LogP contribution in [0, 0.1) is 0 Å². The van der Waals surface area contributed by atoms with Gasteiger partial charge >= 0.3 is 5.97 Å². The van der Waals surface area contributed by atoms with Crippen LogP contribution in [0.4, 0.5) is 0 Å². The van der Waals surface area contributed by atoms with Crippen LogP contribution in [0.2, 0.25) is 0 Å². The van der Waals surface area contributed by atoms with Crippen LogP contribution in [0.3, 0.4) is 0 Å². The number of ether oxygens (including phenoxy) is 1. The monoisotopic (exact) mass is 554 g/mol. The molecule has 1 heterocycles. The summed E-state index contributed by atoms with van der Waals surface area (Å²) in [5, 5.41) is 0. The van der Waals surface area contributed by atoms with Gasteiger partial charge in [0.05, 0.1) is 17.7 Å². The Morgan fingerprint density at radius 3 is 2.60 bits per heavy atom. The molecular weight excluding hydrogens is 528 g/mol. The van der Waals surface area contributed by atoms with Crippen molar-refractivity contribution < 1.29 is 17.9 Å². The van der Waals surface area contributed by atoms with Gasteiger partial charge in [0, 0.05) is 28.7 Å². The maximum absolute atomic E-state index is 12.8. The molecule has 0 amide bonds. The van der Waals surface area contributed by atoms with Gasteiger partial charge in [-0.25, -0.2) is 13.1 Å². The van der Waals surface area contributed by atoms with Gasteiger partial charge in [0.15, 0.2) is 0 Å². The second-order valence-electron chi connectivity index (χ2n) is 8.51. The number of halogens is 1. The number of pyridine rings is 1. The molecule has 8 heteroatoms. The Morgan fingerprint density at radius 1 is 1.11 bits per heavy atom. The number of hydrogen-bond acceptors (Lipinski definition) is 5. The van der Waals surface area contributed by atoms with Crippen molar-refractivity contribution in [2.24, 2.45) is 0 Å². The molecule has 1 N–H and O–H groups in total. The van der Waals surface area contributed by atoms with Crippen molar-refractivity contribution in [1.29, 1.82) is 0 Å². The number of allylic oxidation sites excluding steroid dienone is 1. The summed E-state index contributed by atoms with van der Waals surface area (Å²) in [7, 11) is -2.17. The molecule has 0 aliphatic heterocycles. The molecule has 0 bridgehead atoms. The fourth-order valence-electron chi connectivity index (χ4n) is 4.12. The van der Waals surface area contributed by atoms with Crippen LogP contribution in [0.5, 0.6) is 0 Å². The number of esters is 1. The van der Waals surface area contributed by atoms with E-state index in [1.54, 1.807) is 24.3 Å². The van der Waals surface area contributed by atoms with Gasteiger partial charge in [-0.3, -0.25) is 9.78 Å². The van der Waals surface area contributed by atoms with E-state index in [9.17, 15) is 13.2 Å². The van der Waals surface area contributed by atoms with Gasteiger partial charge in [-0.05, 0) is 78.8 Å². The molecular formula is C27H27BrN2O4S. The summed E-state index contributed by atoms with van der Waals surface area (Å²) in [6.07, 6.45) is 9.14. The Hall–Kier alpha value is -2.81. The van der Waals surface area contributed by atoms with Gasteiger partial charge in [0.25, 0.3) is 0 Å². The van der Waals surface area contributed by atoms with E-state index in [0.717, 1.165) is 45.3 Å². The number of carbonyl (C=O) groups is 1. The zero-order valence-corrected chi connectivity index (χ0v) is 21.8. The minimum absolute atomic E-state index is 0.173. The van der Waals surface area contributed by atoms with Crippen LogP contribution in [-0.4, -0.2) is 32.5 Å². The van der Waals surface area contributed by atoms with Gasteiger partial charge in [0.2, 0.25) is 10.0 Å². The van der Waals surface area contributed by atoms with Crippen molar-refractivity contribution in [3.05, 3.63) is 88.0 Å². The highest BCUT2D eigenvalue weighted by Gasteiger charge is 2.27. The molecule has 0 saturated carbocycles. The average Bonchev–Trinajstić information content (AvgIpc) is 3.25. The van der Waals surface area contributed by atoms with Gasteiger partial charge in [-0.2, -0.15) is 0 Å². The molecule has 0 fully saturated rings. The quantitative estimate of drug-likeness (QED) is 0.286. The van der Waals surface area contributed by atoms with Crippen LogP contribution in [-0.2, 0) is 32.4 Å². The third kappa shape index (κ3) is 6.66. The number of benzene rings is 2. The molecule has 0 spiro atoms. The highest BCUT2D eigenvalue weighted by molar-refractivity contribution is 9.10. The van der Waals surface area contributed by atoms with Crippen molar-refractivity contribution in [3.8, 4) is 11.3 Å². The van der Waals surface area contributed by atoms with E-state index in [0.29, 0.717) is 19.3 Å². The van der Waals surface area contributed by atoms with Gasteiger partial charge < -0.3 is 4.74 Å². The van der Waals surface area contributed by atoms with E-state index >= 15 is 0 Å². The summed E-state index contributed by atoms with van der Waals surface area (Å²) < 4.78 is 33.9. The summed E-state index contributed by atoms with van der Waals surface area (Å²) in [5.74, 6) is -0.188. The third-order valence-electron chi connectivity index (χ3n) is 5.96. The van der Waals surface area contributed by atoms with Crippen LogP contribution in [0.25, 0.3) is 17.3 Å². The lowest BCUT2D eigenvalue weighted by atomic mass is 10.0. The molecule has 35 heavy (non-hydrogen) atoms. The maximum atomic E-state index is 12.8. The number of carbonyl (C=O) groups excluding carboxylic acids is 1. The smallest absolute Gasteiger partial charge is 0.305 e. The van der Waals surface area contributed by atoms with Crippen molar-refractivity contribution in [2.75, 3.05) is 7.11 Å². The van der Waals surface area contributed by atoms with Crippen molar-refractivity contribution in [3.63, 3.8) is 0 Å². The lowest BCUT2D eigenvalue weighted by molar-refractivity contribution is -0.140. The highest BCUT2D eigenvalue weighted by Crippen LogP contribution is 2.28. The SMILES string of the molecule is COC(=O)CCCC=Cc1ccc(-c2ccc3c(c2)CC(NS(=O)(=O)c2ccc(Br)cc2)C3)nc1. The Bertz CT molecular complexity index is 1320. The zero-order chi connectivity index (χ0) is 24.8. The van der Waals surface area contributed by atoms with Gasteiger partial charge in [-0.1, -0.05) is 46.3 Å². The fourth-order valence-corrected chi connectivity index (χ4v) is 5.62. The molecule has 4 rings (SSSR count). The minimum atomic E-state index is -3.58. The summed E-state index contributed by atoms with van der Waals surface area (Å²) in [5.41, 5.74) is 5.17. The molecule has 0 saturated heterocycles. The first kappa shape index (κ1) is 25.3. The first-order valence-electron chi connectivity index (χ1n) is 11.4. The highest BCUT2D eigenvalue weighted by atomic mass is 79.9. The van der Waals surface area contributed by atoms with Gasteiger partial charge in [0.1, 0.15) is 0 Å². The second-order valence-corrected chi connectivity index (χ2v) is 11.1. The summed E-state index contributed by atoms with van der Waals surface area (Å²) >= 11 is 3.34. The Labute approximate surface area is 214 Å². The molecule has 1 unspecified atom stereocenters. The Morgan fingerprint density at radius 2 is 1.89 bits per heavy atom. The molecule has 1 aliphatic carbocycles. The molecule has 0 radical (unpaired) electrons. The Kier molecular flexibility index (Phi) is 8.15. The first-order chi connectivity index (χ1) is 16.8. The number of methoxy groups -OCH3 is 1. The van der Waals surface area contributed by atoms with E-state index in [1.165, 1.54) is 7.11 Å². The number of unbranched alkanes of at least 4 members (excludes halogenated alkanes) is 1. The average molecular weight is 555 g/mol. The fraction of sp³-hybridized carbons (Fsp3) is 0.259. The summed E-state index contributed by atoms with van der Waals surface area (Å²) in [4.78, 5) is 16.0. The van der Waals surface area contributed by atoms with Crippen LogP contribution < -0.4 is 4.72 Å². The van der Waals surface area contributed by atoms with Crippen molar-refractivity contribution >= 4 is 38.0 Å². The standard InChI is InChI=1S/C27H27BrN2O4S/c1-34-27(31)6-4-2-3-5-19-7-14-26(29-18-19)21-9-8-20-16-24(17-22(20)15-21)30-35(32,33)25-12-10-23(28)11-13-25/h3,5,7-15,18,24,30H,2,4,6,16-17H2,1H3. The largest absolute Gasteiger partial charge is 0.469 e. The van der Waals surface area contributed by atoms with E-state index in [1.807, 2.05) is 36.5 Å². The van der Waals surface area contributed by atoms with E-state index in [4.69, 9.17) is 0 Å². The molecule has 1 atom stereocenters. The molecule has 3 aromatic rings. The normalized spacial score (nSPS) is 15.3. The predicted molar refractivity (Wildman–Crippen MR) is 140 cm³/mol. The number of sulfonamides is 1. The first-order valence-corrected chi connectivity index (χ1v) is 13.7. The molecule has 6 nitrogen and oxygen atoms in total. The Balaban J connectivity index is 1.37. The molecule has 182 valence electrons. The van der Waals surface area contributed by atoms with Crippen LogP contribution in [0.15, 0.2) is 76.2 Å². The number of fused-ring (bicyclic) bond motifs is 1. The lowest BCUT2D eigenvalue weighted by Gasteiger charge is -2.12. The maximum Gasteiger partial charge on any atom is 0.305 e. The number of rotatable bonds is 9. The molecule has 1 aliphatic rings. The second kappa shape index (κ2) is 11.3. The van der Waals surface area contributed by atoms with Crippen molar-refractivity contribution in [1.82, 2.24) is 9.71 Å². The van der Waals surface area contributed by atoms with Crippen molar-refractivity contribution in [2.45, 2.75) is 43.0 Å². The molecule has 2 aromatic carbocycles. The van der Waals surface area contributed by atoms with Crippen LogP contribution in [0.1, 0.15) is 36.0 Å². The number of nitrogens with zero attached hydrogens (tertiary/aromatic N) is 1. The topological polar surface area (TPSA) is 85.4 Å². The van der Waals surface area contributed by atoms with Gasteiger partial charge in [-0.15, -0.1) is 0 Å². The minimum Gasteiger partial charge on any atom is -0.469 e.